The molecule has 396 valence electrons. The maximum atomic E-state index is 14.6. The third kappa shape index (κ3) is 14.7. The topological polar surface area (TPSA) is 293 Å². The highest BCUT2D eigenvalue weighted by Gasteiger charge is 2.27. The average molecular weight is 1040 g/mol. The molecule has 4 aromatic carbocycles. The van der Waals surface area contributed by atoms with Crippen LogP contribution in [0.15, 0.2) is 79.1 Å². The number of hydrogen-bond acceptors (Lipinski definition) is 28. The van der Waals surface area contributed by atoms with E-state index in [0.717, 1.165) is 6.07 Å². The van der Waals surface area contributed by atoms with Crippen molar-refractivity contribution in [1.82, 2.24) is 0 Å². The summed E-state index contributed by atoms with van der Waals surface area (Å²) in [6.07, 6.45) is 0. The van der Waals surface area contributed by atoms with E-state index >= 15 is 0 Å². The van der Waals surface area contributed by atoms with Crippen molar-refractivity contribution in [3.05, 3.63) is 81.1 Å². The zero-order valence-electron chi connectivity index (χ0n) is 39.9. The molecular weight excluding hydrogens is 988 g/mol. The Morgan fingerprint density at radius 2 is 0.767 bits per heavy atom. The van der Waals surface area contributed by atoms with Crippen LogP contribution in [-0.4, -0.2) is 109 Å². The molecule has 73 heavy (non-hydrogen) atoms. The number of ether oxygens (including phenoxy) is 9. The fraction of sp³-hybridized carbons (Fsp3) is 0.333. The first kappa shape index (κ1) is 55.1. The van der Waals surface area contributed by atoms with Crippen molar-refractivity contribution >= 4 is 21.9 Å². The minimum Gasteiger partial charge on any atom is -0.507 e. The van der Waals surface area contributed by atoms with Crippen LogP contribution < -0.4 is 54.5 Å². The molecule has 0 saturated heterocycles. The molecule has 2 heterocycles. The molecule has 0 spiro atoms. The number of rotatable bonds is 34. The van der Waals surface area contributed by atoms with Crippen LogP contribution in [0.2, 0.25) is 0 Å². The van der Waals surface area contributed by atoms with Crippen LogP contribution in [0.4, 0.5) is 0 Å². The van der Waals surface area contributed by atoms with Gasteiger partial charge in [0.2, 0.25) is 34.9 Å². The molecule has 0 fully saturated rings. The Bertz CT molecular complexity index is 2810. The molecule has 28 nitrogen and oxygen atoms in total. The van der Waals surface area contributed by atoms with Crippen LogP contribution in [-0.2, 0) is 67.4 Å². The molecule has 0 aliphatic carbocycles. The summed E-state index contributed by atoms with van der Waals surface area (Å²) in [5, 5.41) is 10.3. The number of hydrogen-bond donors (Lipinski definition) is 1. The highest BCUT2D eigenvalue weighted by atomic mass is 17.2. The summed E-state index contributed by atoms with van der Waals surface area (Å²) in [7, 11) is 9.52. The molecule has 0 aliphatic rings. The molecule has 0 amide bonds. The van der Waals surface area contributed by atoms with Crippen molar-refractivity contribution < 1.29 is 125 Å². The van der Waals surface area contributed by atoms with Gasteiger partial charge in [0.1, 0.15) is 33.4 Å². The second-order valence-electron chi connectivity index (χ2n) is 13.8. The van der Waals surface area contributed by atoms with Crippen LogP contribution in [0.3, 0.4) is 0 Å². The summed E-state index contributed by atoms with van der Waals surface area (Å²) in [6.45, 7) is -2.94. The van der Waals surface area contributed by atoms with Gasteiger partial charge < -0.3 is 90.8 Å². The molecular formula is C45H48O28. The molecule has 6 rings (SSSR count). The Kier molecular flexibility index (Phi) is 21.6. The van der Waals surface area contributed by atoms with Crippen molar-refractivity contribution in [1.29, 1.82) is 0 Å². The summed E-state index contributed by atoms with van der Waals surface area (Å²) in [5.41, 5.74) is -1.76. The summed E-state index contributed by atoms with van der Waals surface area (Å²) in [5.74, 6) is -2.56. The fourth-order valence-corrected chi connectivity index (χ4v) is 5.96. The van der Waals surface area contributed by atoms with E-state index in [-0.39, 0.29) is 119 Å². The Labute approximate surface area is 411 Å². The molecule has 0 atom stereocenters. The Hall–Kier alpha value is -7.26. The van der Waals surface area contributed by atoms with E-state index in [1.54, 1.807) is 0 Å². The first-order chi connectivity index (χ1) is 35.7. The van der Waals surface area contributed by atoms with E-state index < -0.39 is 48.5 Å². The minimum atomic E-state index is -0.867. The average Bonchev–Trinajstić information content (AvgIpc) is 3.38. The number of phenols is 1. The number of fused-ring (bicyclic) bond motifs is 2. The lowest BCUT2D eigenvalue weighted by Crippen LogP contribution is -2.15. The highest BCUT2D eigenvalue weighted by molar-refractivity contribution is 5.90. The van der Waals surface area contributed by atoms with Gasteiger partial charge in [-0.3, -0.25) is 9.59 Å². The molecule has 0 aliphatic heterocycles. The van der Waals surface area contributed by atoms with Crippen molar-refractivity contribution in [2.45, 2.75) is 0 Å². The number of methoxy groups -OCH3 is 7. The van der Waals surface area contributed by atoms with Gasteiger partial charge in [-0.25, -0.2) is 0 Å². The second-order valence-corrected chi connectivity index (χ2v) is 13.8. The predicted molar refractivity (Wildman–Crippen MR) is 239 cm³/mol. The van der Waals surface area contributed by atoms with E-state index in [0.29, 0.717) is 0 Å². The first-order valence-electron chi connectivity index (χ1n) is 20.7. The summed E-state index contributed by atoms with van der Waals surface area (Å²) < 4.78 is 59.0. The van der Waals surface area contributed by atoms with Crippen LogP contribution >= 0.6 is 0 Å². The first-order valence-corrected chi connectivity index (χ1v) is 20.7. The van der Waals surface area contributed by atoms with E-state index in [9.17, 15) is 14.7 Å². The molecule has 0 bridgehead atoms. The van der Waals surface area contributed by atoms with Gasteiger partial charge in [-0.1, -0.05) is 0 Å². The largest absolute Gasteiger partial charge is 0.507 e. The zero-order chi connectivity index (χ0) is 52.0. The molecule has 0 saturated carbocycles. The van der Waals surface area contributed by atoms with Crippen molar-refractivity contribution in [2.24, 2.45) is 0 Å². The van der Waals surface area contributed by atoms with Gasteiger partial charge in [0.25, 0.3) is 11.5 Å². The quantitative estimate of drug-likeness (QED) is 0.0218. The van der Waals surface area contributed by atoms with Crippen molar-refractivity contribution in [3.63, 3.8) is 0 Å². The predicted octanol–water partition coefficient (Wildman–Crippen LogP) is 5.75. The summed E-state index contributed by atoms with van der Waals surface area (Å²) in [6, 6.07) is 13.4. The third-order valence-electron chi connectivity index (χ3n) is 8.84. The van der Waals surface area contributed by atoms with Crippen molar-refractivity contribution in [2.75, 3.05) is 104 Å². The van der Waals surface area contributed by atoms with Gasteiger partial charge in [0.15, 0.2) is 76.3 Å². The summed E-state index contributed by atoms with van der Waals surface area (Å²) >= 11 is 0. The lowest BCUT2D eigenvalue weighted by Gasteiger charge is -2.17. The molecule has 28 heteroatoms. The van der Waals surface area contributed by atoms with Crippen molar-refractivity contribution in [3.8, 4) is 80.1 Å². The van der Waals surface area contributed by atoms with Gasteiger partial charge in [-0.05, 0) is 36.4 Å². The normalized spacial score (nSPS) is 11.2. The van der Waals surface area contributed by atoms with Gasteiger partial charge in [0.05, 0.1) is 0 Å². The Morgan fingerprint density at radius 3 is 1.26 bits per heavy atom. The molecule has 2 aromatic heterocycles. The summed E-state index contributed by atoms with van der Waals surface area (Å²) in [4.78, 5) is 102. The van der Waals surface area contributed by atoms with Gasteiger partial charge in [-0.15, -0.1) is 0 Å². The molecule has 1 N–H and O–H groups in total. The lowest BCUT2D eigenvalue weighted by molar-refractivity contribution is -0.277. The second kappa shape index (κ2) is 28.7. The van der Waals surface area contributed by atoms with Gasteiger partial charge in [-0.2, -0.15) is 34.2 Å². The van der Waals surface area contributed by atoms with Gasteiger partial charge >= 0.3 is 0 Å². The lowest BCUT2D eigenvalue weighted by atomic mass is 10.1. The van der Waals surface area contributed by atoms with Gasteiger partial charge in [0, 0.05) is 85.2 Å². The highest BCUT2D eigenvalue weighted by Crippen LogP contribution is 2.42. The molecule has 6 aromatic rings. The molecule has 0 unspecified atom stereocenters. The van der Waals surface area contributed by atoms with E-state index in [1.807, 2.05) is 0 Å². The van der Waals surface area contributed by atoms with E-state index in [4.69, 9.17) is 120 Å². The van der Waals surface area contributed by atoms with Crippen LogP contribution in [0.1, 0.15) is 0 Å². The number of benzene rings is 4. The van der Waals surface area contributed by atoms with E-state index in [2.05, 4.69) is 0 Å². The van der Waals surface area contributed by atoms with Crippen LogP contribution in [0.5, 0.6) is 57.5 Å². The van der Waals surface area contributed by atoms with E-state index in [1.165, 1.54) is 104 Å². The smallest absolute Gasteiger partial charge is 0.256 e. The standard InChI is InChI=1S/C45H48O28/c1-49-18-58-67-28-14-30(46)38-36(16-28)65-42(44(40(38)47)72-63-23-54-6)26-8-10-31(69-60-20-51-3)33(12-26)56-25-57-35-15-29(68-59-19-50-2)17-37-39(35)41(48)45(73-64-24-55-7)43(66-37)27-9-11-32(70-61-21-52-4)34(13-27)71-62-22-53-5/h8-17,46H,18-25H2,1-7H3. The zero-order valence-corrected chi connectivity index (χ0v) is 39.9. The maximum absolute atomic E-state index is 14.6. The fourth-order valence-electron chi connectivity index (χ4n) is 5.96. The maximum Gasteiger partial charge on any atom is 0.256 e. The third-order valence-corrected chi connectivity index (χ3v) is 8.84. The Morgan fingerprint density at radius 1 is 0.384 bits per heavy atom. The monoisotopic (exact) mass is 1040 g/mol. The number of phenolic OH excluding ortho intramolecular Hbond substituents is 1. The van der Waals surface area contributed by atoms with Crippen LogP contribution in [0.25, 0.3) is 44.6 Å². The number of aromatic hydroxyl groups is 1. The van der Waals surface area contributed by atoms with Crippen LogP contribution in [0, 0.1) is 0 Å². The molecule has 0 radical (unpaired) electrons. The SMILES string of the molecule is COCOOc1cc(O)c2c(=O)c(OOCOC)c(-c3ccc(OOCOC)c(OCOc4cc(OOCOC)cc5oc(-c6ccc(OOCOC)c(OOCOC)c6)c(OOCOC)c(=O)c45)c3)oc2c1. The minimum absolute atomic E-state index is 0.0183. The Balaban J connectivity index is 1.43.